The van der Waals surface area contributed by atoms with E-state index < -0.39 is 26.6 Å². The molecule has 3 atom stereocenters. The fourth-order valence-corrected chi connectivity index (χ4v) is 8.74. The van der Waals surface area contributed by atoms with Crippen molar-refractivity contribution in [2.24, 2.45) is 0 Å². The van der Waals surface area contributed by atoms with Crippen LogP contribution in [0.4, 0.5) is 0 Å². The van der Waals surface area contributed by atoms with Crippen molar-refractivity contribution in [2.45, 2.75) is 251 Å². The summed E-state index contributed by atoms with van der Waals surface area (Å²) in [4.78, 5) is 25.4. The van der Waals surface area contributed by atoms with Crippen LogP contribution in [0.2, 0.25) is 0 Å². The molecule has 0 saturated heterocycles. The second-order valence-electron chi connectivity index (χ2n) is 20.6. The Morgan fingerprint density at radius 1 is 0.507 bits per heavy atom. The molecule has 9 heteroatoms. The van der Waals surface area contributed by atoms with Gasteiger partial charge >= 0.3 is 0 Å². The van der Waals surface area contributed by atoms with Crippen molar-refractivity contribution >= 4 is 13.7 Å². The lowest BCUT2D eigenvalue weighted by Gasteiger charge is -2.29. The molecule has 0 fully saturated rings. The zero-order chi connectivity index (χ0) is 52.0. The summed E-state index contributed by atoms with van der Waals surface area (Å²) in [6.45, 7) is 4.46. The lowest BCUT2D eigenvalue weighted by atomic mass is 10.0. The number of phosphoric acid groups is 1. The first-order valence-electron chi connectivity index (χ1n) is 29.1. The molecular weight excluding hydrogens is 900 g/mol. The van der Waals surface area contributed by atoms with Gasteiger partial charge in [0.05, 0.1) is 39.9 Å². The van der Waals surface area contributed by atoms with Crippen LogP contribution in [0.3, 0.4) is 0 Å². The van der Waals surface area contributed by atoms with E-state index in [9.17, 15) is 19.4 Å². The molecule has 0 aromatic rings. The van der Waals surface area contributed by atoms with E-state index in [4.69, 9.17) is 9.05 Å². The number of allylic oxidation sites excluding steroid dienone is 15. The molecule has 0 aliphatic carbocycles. The van der Waals surface area contributed by atoms with E-state index >= 15 is 0 Å². The van der Waals surface area contributed by atoms with Crippen LogP contribution in [0.1, 0.15) is 239 Å². The van der Waals surface area contributed by atoms with Crippen LogP contribution >= 0.6 is 7.82 Å². The normalized spacial score (nSPS) is 14.6. The van der Waals surface area contributed by atoms with Crippen molar-refractivity contribution in [1.82, 2.24) is 5.32 Å². The van der Waals surface area contributed by atoms with E-state index in [-0.39, 0.29) is 18.9 Å². The molecule has 3 unspecified atom stereocenters. The highest BCUT2D eigenvalue weighted by Gasteiger charge is 2.23. The number of quaternary nitrogens is 1. The van der Waals surface area contributed by atoms with Crippen molar-refractivity contribution in [3.8, 4) is 0 Å². The third-order valence-electron chi connectivity index (χ3n) is 12.5. The number of carbonyl (C=O) groups is 1. The van der Waals surface area contributed by atoms with Gasteiger partial charge in [-0.25, -0.2) is 0 Å². The maximum absolute atomic E-state index is 12.9. The van der Waals surface area contributed by atoms with E-state index in [1.165, 1.54) is 154 Å². The molecule has 0 aliphatic rings. The highest BCUT2D eigenvalue weighted by atomic mass is 31.2. The highest BCUT2D eigenvalue weighted by Crippen LogP contribution is 2.38. The van der Waals surface area contributed by atoms with Gasteiger partial charge in [-0.1, -0.05) is 259 Å². The molecule has 0 spiro atoms. The number of hydrogen-bond acceptors (Lipinski definition) is 6. The molecule has 71 heavy (non-hydrogen) atoms. The van der Waals surface area contributed by atoms with E-state index in [1.807, 2.05) is 39.4 Å². The standard InChI is InChI=1S/C62H111N2O6P/c1-6-8-10-12-14-16-18-20-22-24-26-27-28-29-30-31-32-33-34-35-36-38-39-41-43-45-47-49-51-53-55-61(65)60(59-70-71(67,68)69-58-57-64(3,4)5)63-62(66)56-54-52-50-48-46-44-42-40-37-25-23-21-19-17-15-13-11-9-7-2/h9,11,15,17,21,23,37,40,44-47,50,52-53,55,60-61,65H,6-8,10,12-14,16,18-20,22,24-36,38-39,41-43,48-49,51,54,56-59H2,1-5H3,(H-,63,66,67,68)/b11-9-,17-15-,23-21-,40-37-,46-44-,47-45+,52-50-,55-53+. The van der Waals surface area contributed by atoms with Crippen molar-refractivity contribution in [1.29, 1.82) is 0 Å². The lowest BCUT2D eigenvalue weighted by molar-refractivity contribution is -0.870. The van der Waals surface area contributed by atoms with E-state index in [0.29, 0.717) is 17.4 Å². The van der Waals surface area contributed by atoms with Crippen LogP contribution in [0.15, 0.2) is 97.2 Å². The molecule has 0 aromatic carbocycles. The number of hydrogen-bond donors (Lipinski definition) is 2. The molecule has 0 aromatic heterocycles. The van der Waals surface area contributed by atoms with Crippen LogP contribution < -0.4 is 10.2 Å². The van der Waals surface area contributed by atoms with Crippen molar-refractivity contribution in [3.63, 3.8) is 0 Å². The summed E-state index contributed by atoms with van der Waals surface area (Å²) in [7, 11) is 1.19. The molecule has 0 rings (SSSR count). The number of nitrogens with zero attached hydrogens (tertiary/aromatic N) is 1. The number of aliphatic hydroxyl groups excluding tert-OH is 1. The van der Waals surface area contributed by atoms with Gasteiger partial charge in [0.1, 0.15) is 13.2 Å². The average molecular weight is 1010 g/mol. The average Bonchev–Trinajstić information content (AvgIpc) is 3.33. The van der Waals surface area contributed by atoms with E-state index in [0.717, 1.165) is 57.8 Å². The van der Waals surface area contributed by atoms with Crippen LogP contribution in [0.25, 0.3) is 0 Å². The van der Waals surface area contributed by atoms with Gasteiger partial charge in [0, 0.05) is 6.42 Å². The van der Waals surface area contributed by atoms with Gasteiger partial charge < -0.3 is 28.8 Å². The number of unbranched alkanes of at least 4 members (excludes halogenated alkanes) is 25. The second kappa shape index (κ2) is 52.3. The number of amides is 1. The molecule has 410 valence electrons. The summed E-state index contributed by atoms with van der Waals surface area (Å²) >= 11 is 0. The van der Waals surface area contributed by atoms with Crippen molar-refractivity contribution < 1.29 is 32.9 Å². The van der Waals surface area contributed by atoms with Gasteiger partial charge in [-0.3, -0.25) is 9.36 Å². The van der Waals surface area contributed by atoms with Crippen molar-refractivity contribution in [3.05, 3.63) is 97.2 Å². The minimum atomic E-state index is -4.63. The Kier molecular flexibility index (Phi) is 50.4. The third-order valence-corrected chi connectivity index (χ3v) is 13.5. The van der Waals surface area contributed by atoms with Crippen LogP contribution in [0, 0.1) is 0 Å². The molecule has 8 nitrogen and oxygen atoms in total. The number of phosphoric ester groups is 1. The Labute approximate surface area is 439 Å². The minimum Gasteiger partial charge on any atom is -0.756 e. The van der Waals surface area contributed by atoms with E-state index in [2.05, 4.69) is 92.1 Å². The lowest BCUT2D eigenvalue weighted by Crippen LogP contribution is -2.45. The fraction of sp³-hybridized carbons (Fsp3) is 0.726. The second-order valence-corrected chi connectivity index (χ2v) is 22.0. The third kappa shape index (κ3) is 55.0. The molecule has 0 aliphatic heterocycles. The summed E-state index contributed by atoms with van der Waals surface area (Å²) in [5.74, 6) is -0.291. The zero-order valence-corrected chi connectivity index (χ0v) is 47.5. The molecule has 0 heterocycles. The maximum Gasteiger partial charge on any atom is 0.268 e. The highest BCUT2D eigenvalue weighted by molar-refractivity contribution is 7.45. The number of aliphatic hydroxyl groups is 1. The molecule has 0 saturated carbocycles. The number of likely N-dealkylation sites (N-methyl/N-ethyl adjacent to an activating group) is 1. The van der Waals surface area contributed by atoms with E-state index in [1.54, 1.807) is 6.08 Å². The molecular formula is C62H111N2O6P. The largest absolute Gasteiger partial charge is 0.756 e. The van der Waals surface area contributed by atoms with Crippen LogP contribution in [0.5, 0.6) is 0 Å². The minimum absolute atomic E-state index is 0.0249. The van der Waals surface area contributed by atoms with Gasteiger partial charge in [-0.2, -0.15) is 0 Å². The topological polar surface area (TPSA) is 108 Å². The Morgan fingerprint density at radius 2 is 0.873 bits per heavy atom. The summed E-state index contributed by atoms with van der Waals surface area (Å²) < 4.78 is 23.3. The number of carbonyl (C=O) groups excluding carboxylic acids is 1. The Bertz CT molecular complexity index is 1470. The number of rotatable bonds is 52. The molecule has 0 radical (unpaired) electrons. The van der Waals surface area contributed by atoms with Crippen LogP contribution in [-0.4, -0.2) is 68.5 Å². The van der Waals surface area contributed by atoms with Gasteiger partial charge in [0.15, 0.2) is 0 Å². The Hall–Kier alpha value is -2.58. The Balaban J connectivity index is 4.30. The summed E-state index contributed by atoms with van der Waals surface area (Å²) in [6.07, 6.45) is 75.2. The van der Waals surface area contributed by atoms with Gasteiger partial charge in [0.25, 0.3) is 7.82 Å². The van der Waals surface area contributed by atoms with Crippen LogP contribution in [-0.2, 0) is 18.4 Å². The SMILES string of the molecule is CC/C=C\C/C=C\C/C=C\C/C=C\C/C=C\C/C=C\CCC(=O)NC(COP(=O)([O-])OCC[N+](C)(C)C)C(O)/C=C/CC/C=C/CCCCCCCCCCCCCCCCCCCCCCCCCC. The predicted molar refractivity (Wildman–Crippen MR) is 306 cm³/mol. The number of nitrogens with one attached hydrogen (secondary N) is 1. The molecule has 0 bridgehead atoms. The van der Waals surface area contributed by atoms with Gasteiger partial charge in [0.2, 0.25) is 5.91 Å². The smallest absolute Gasteiger partial charge is 0.268 e. The van der Waals surface area contributed by atoms with Crippen molar-refractivity contribution in [2.75, 3.05) is 40.9 Å². The van der Waals surface area contributed by atoms with Gasteiger partial charge in [-0.15, -0.1) is 0 Å². The quantitative estimate of drug-likeness (QED) is 0.0272. The van der Waals surface area contributed by atoms with Gasteiger partial charge in [-0.05, 0) is 70.6 Å². The zero-order valence-electron chi connectivity index (χ0n) is 46.6. The first-order valence-corrected chi connectivity index (χ1v) is 30.6. The Morgan fingerprint density at radius 3 is 1.30 bits per heavy atom. The molecule has 2 N–H and O–H groups in total. The summed E-state index contributed by atoms with van der Waals surface area (Å²) in [5.41, 5.74) is 0. The first kappa shape index (κ1) is 68.4. The molecule has 1 amide bonds. The summed E-state index contributed by atoms with van der Waals surface area (Å²) in [5, 5.41) is 13.8. The first-order chi connectivity index (χ1) is 34.5. The predicted octanol–water partition coefficient (Wildman–Crippen LogP) is 17.2. The summed E-state index contributed by atoms with van der Waals surface area (Å²) in [6, 6.07) is -0.951. The maximum atomic E-state index is 12.9. The fourth-order valence-electron chi connectivity index (χ4n) is 8.02. The monoisotopic (exact) mass is 1010 g/mol.